The molecule has 0 bridgehead atoms. The van der Waals surface area contributed by atoms with Gasteiger partial charge in [-0.2, -0.15) is 0 Å². The van der Waals surface area contributed by atoms with E-state index in [1.165, 1.54) is 0 Å². The Hall–Kier alpha value is -1.31. The van der Waals surface area contributed by atoms with Crippen molar-refractivity contribution in [3.63, 3.8) is 0 Å². The fourth-order valence-corrected chi connectivity index (χ4v) is 5.01. The van der Waals surface area contributed by atoms with Crippen LogP contribution in [0.5, 0.6) is 0 Å². The molecule has 0 amide bonds. The van der Waals surface area contributed by atoms with E-state index in [9.17, 15) is 8.42 Å². The fourth-order valence-electron chi connectivity index (χ4n) is 3.24. The van der Waals surface area contributed by atoms with Gasteiger partial charge in [0.05, 0.1) is 5.75 Å². The summed E-state index contributed by atoms with van der Waals surface area (Å²) in [4.78, 5) is 4.28. The number of guanidine groups is 1. The maximum atomic E-state index is 12.1. The zero-order valence-corrected chi connectivity index (χ0v) is 17.8. The number of aliphatic imine (C=N–C) groups is 1. The summed E-state index contributed by atoms with van der Waals surface area (Å²) in [5.41, 5.74) is 1.16. The predicted molar refractivity (Wildman–Crippen MR) is 113 cm³/mol. The molecule has 8 heteroatoms. The lowest BCUT2D eigenvalue weighted by Gasteiger charge is -2.32. The van der Waals surface area contributed by atoms with Crippen molar-refractivity contribution in [3.05, 3.63) is 34.9 Å². The minimum atomic E-state index is -3.09. The van der Waals surface area contributed by atoms with Gasteiger partial charge in [0.25, 0.3) is 0 Å². The zero-order chi connectivity index (χ0) is 19.7. The summed E-state index contributed by atoms with van der Waals surface area (Å²) in [5.74, 6) is 1.00. The van der Waals surface area contributed by atoms with E-state index in [2.05, 4.69) is 21.7 Å². The summed E-state index contributed by atoms with van der Waals surface area (Å²) in [6.07, 6.45) is 4.12. The first-order valence-corrected chi connectivity index (χ1v) is 11.6. The van der Waals surface area contributed by atoms with Gasteiger partial charge in [-0.05, 0) is 43.7 Å². The number of piperidine rings is 1. The number of hydrogen-bond acceptors (Lipinski definition) is 3. The van der Waals surface area contributed by atoms with Gasteiger partial charge in [0.1, 0.15) is 0 Å². The van der Waals surface area contributed by atoms with E-state index in [0.717, 1.165) is 48.8 Å². The van der Waals surface area contributed by atoms with Crippen LogP contribution in [0.3, 0.4) is 0 Å². The molecule has 0 aliphatic carbocycles. The van der Waals surface area contributed by atoms with Crippen LogP contribution >= 0.6 is 11.6 Å². The van der Waals surface area contributed by atoms with Crippen molar-refractivity contribution in [2.45, 2.75) is 45.1 Å². The van der Waals surface area contributed by atoms with E-state index in [0.29, 0.717) is 19.5 Å². The van der Waals surface area contributed by atoms with E-state index in [-0.39, 0.29) is 11.8 Å². The molecule has 0 spiro atoms. The van der Waals surface area contributed by atoms with Crippen LogP contribution < -0.4 is 10.6 Å². The topological polar surface area (TPSA) is 73.8 Å². The number of aryl methyl sites for hydroxylation is 1. The highest BCUT2D eigenvalue weighted by atomic mass is 35.5. The molecule has 0 atom stereocenters. The van der Waals surface area contributed by atoms with Gasteiger partial charge in [-0.15, -0.1) is 0 Å². The standard InChI is InChI=1S/C19H31ClN4O2S/c1-3-15-27(25,26)24-13-10-17(11-14-24)23-19(21-2)22-12-6-8-16-7-4-5-9-18(16)20/h4-5,7,9,17H,3,6,8,10-15H2,1-2H3,(H2,21,22,23). The second-order valence-electron chi connectivity index (χ2n) is 6.83. The Balaban J connectivity index is 1.71. The first-order valence-electron chi connectivity index (χ1n) is 9.64. The predicted octanol–water partition coefficient (Wildman–Crippen LogP) is 2.64. The number of hydrogen-bond donors (Lipinski definition) is 2. The molecule has 1 aromatic carbocycles. The molecule has 1 aromatic rings. The van der Waals surface area contributed by atoms with Crippen LogP contribution in [0.4, 0.5) is 0 Å². The van der Waals surface area contributed by atoms with Gasteiger partial charge < -0.3 is 10.6 Å². The van der Waals surface area contributed by atoms with Crippen LogP contribution in [-0.2, 0) is 16.4 Å². The first-order chi connectivity index (χ1) is 13.0. The van der Waals surface area contributed by atoms with Crippen LogP contribution in [0.15, 0.2) is 29.3 Å². The number of rotatable bonds is 8. The summed E-state index contributed by atoms with van der Waals surface area (Å²) >= 11 is 6.18. The third-order valence-electron chi connectivity index (χ3n) is 4.75. The molecule has 2 N–H and O–H groups in total. The lowest BCUT2D eigenvalue weighted by Crippen LogP contribution is -2.50. The van der Waals surface area contributed by atoms with Crippen LogP contribution in [0.1, 0.15) is 38.2 Å². The van der Waals surface area contributed by atoms with Crippen LogP contribution in [-0.4, -0.2) is 57.2 Å². The van der Waals surface area contributed by atoms with Crippen molar-refractivity contribution in [2.75, 3.05) is 32.4 Å². The Kier molecular flexibility index (Phi) is 8.86. The van der Waals surface area contributed by atoms with Gasteiger partial charge in [0.2, 0.25) is 10.0 Å². The van der Waals surface area contributed by atoms with E-state index >= 15 is 0 Å². The van der Waals surface area contributed by atoms with Gasteiger partial charge in [0, 0.05) is 37.7 Å². The largest absolute Gasteiger partial charge is 0.356 e. The molecule has 1 aliphatic heterocycles. The van der Waals surface area contributed by atoms with Crippen molar-refractivity contribution >= 4 is 27.6 Å². The smallest absolute Gasteiger partial charge is 0.214 e. The van der Waals surface area contributed by atoms with Crippen molar-refractivity contribution in [1.29, 1.82) is 0 Å². The molecule has 27 heavy (non-hydrogen) atoms. The first kappa shape index (κ1) is 22.0. The van der Waals surface area contributed by atoms with Gasteiger partial charge in [-0.25, -0.2) is 12.7 Å². The zero-order valence-electron chi connectivity index (χ0n) is 16.2. The third kappa shape index (κ3) is 6.97. The third-order valence-corrected chi connectivity index (χ3v) is 7.19. The monoisotopic (exact) mass is 414 g/mol. The van der Waals surface area contributed by atoms with Gasteiger partial charge >= 0.3 is 0 Å². The molecule has 152 valence electrons. The number of halogens is 1. The Labute approximate surface area is 168 Å². The number of benzene rings is 1. The maximum absolute atomic E-state index is 12.1. The average molecular weight is 415 g/mol. The van der Waals surface area contributed by atoms with Crippen molar-refractivity contribution in [2.24, 2.45) is 4.99 Å². The number of nitrogens with one attached hydrogen (secondary N) is 2. The van der Waals surface area contributed by atoms with Gasteiger partial charge in [0.15, 0.2) is 5.96 Å². The molecule has 0 saturated carbocycles. The second kappa shape index (κ2) is 10.9. The molecular weight excluding hydrogens is 384 g/mol. The highest BCUT2D eigenvalue weighted by Gasteiger charge is 2.27. The average Bonchev–Trinajstić information content (AvgIpc) is 2.66. The molecule has 6 nitrogen and oxygen atoms in total. The van der Waals surface area contributed by atoms with Gasteiger partial charge in [-0.1, -0.05) is 36.7 Å². The highest BCUT2D eigenvalue weighted by molar-refractivity contribution is 7.89. The Morgan fingerprint density at radius 2 is 2.00 bits per heavy atom. The summed E-state index contributed by atoms with van der Waals surface area (Å²) in [6.45, 7) is 3.84. The van der Waals surface area contributed by atoms with E-state index < -0.39 is 10.0 Å². The number of nitrogens with zero attached hydrogens (tertiary/aromatic N) is 2. The van der Waals surface area contributed by atoms with Crippen LogP contribution in [0.25, 0.3) is 0 Å². The Bertz CT molecular complexity index is 716. The van der Waals surface area contributed by atoms with E-state index in [1.54, 1.807) is 11.4 Å². The number of sulfonamides is 1. The maximum Gasteiger partial charge on any atom is 0.214 e. The molecule has 0 radical (unpaired) electrons. The van der Waals surface area contributed by atoms with Crippen molar-refractivity contribution in [1.82, 2.24) is 14.9 Å². The summed E-state index contributed by atoms with van der Waals surface area (Å²) < 4.78 is 25.9. The van der Waals surface area contributed by atoms with Crippen molar-refractivity contribution < 1.29 is 8.42 Å². The molecule has 1 heterocycles. The molecule has 0 unspecified atom stereocenters. The SMILES string of the molecule is CCCS(=O)(=O)N1CCC(NC(=NC)NCCCc2ccccc2Cl)CC1. The minimum absolute atomic E-state index is 0.236. The van der Waals surface area contributed by atoms with E-state index in [4.69, 9.17) is 11.6 Å². The normalized spacial score (nSPS) is 17.1. The van der Waals surface area contributed by atoms with Crippen LogP contribution in [0.2, 0.25) is 5.02 Å². The molecule has 1 aliphatic rings. The van der Waals surface area contributed by atoms with Crippen molar-refractivity contribution in [3.8, 4) is 0 Å². The lowest BCUT2D eigenvalue weighted by atomic mass is 10.1. The summed E-state index contributed by atoms with van der Waals surface area (Å²) in [6, 6.07) is 8.15. The Morgan fingerprint density at radius 3 is 2.63 bits per heavy atom. The summed E-state index contributed by atoms with van der Waals surface area (Å²) in [7, 11) is -1.34. The quantitative estimate of drug-likeness (QED) is 0.389. The molecule has 1 saturated heterocycles. The van der Waals surface area contributed by atoms with Gasteiger partial charge in [-0.3, -0.25) is 4.99 Å². The second-order valence-corrected chi connectivity index (χ2v) is 9.32. The molecule has 0 aromatic heterocycles. The van der Waals surface area contributed by atoms with E-state index in [1.807, 2.05) is 25.1 Å². The summed E-state index contributed by atoms with van der Waals surface area (Å²) in [5, 5.41) is 7.55. The molecule has 1 fully saturated rings. The minimum Gasteiger partial charge on any atom is -0.356 e. The lowest BCUT2D eigenvalue weighted by molar-refractivity contribution is 0.306. The highest BCUT2D eigenvalue weighted by Crippen LogP contribution is 2.16. The van der Waals surface area contributed by atoms with Crippen LogP contribution in [0, 0.1) is 0 Å². The Morgan fingerprint density at radius 1 is 1.30 bits per heavy atom. The molecule has 2 rings (SSSR count). The molecular formula is C19H31ClN4O2S. The fraction of sp³-hybridized carbons (Fsp3) is 0.632.